The van der Waals surface area contributed by atoms with Gasteiger partial charge in [-0.3, -0.25) is 0 Å². The molecule has 1 aliphatic rings. The van der Waals surface area contributed by atoms with Gasteiger partial charge in [-0.2, -0.15) is 12.7 Å². The summed E-state index contributed by atoms with van der Waals surface area (Å²) in [7, 11) is -3.58. The number of benzene rings is 1. The van der Waals surface area contributed by atoms with E-state index in [4.69, 9.17) is 16.7 Å². The third-order valence-electron chi connectivity index (χ3n) is 2.51. The van der Waals surface area contributed by atoms with E-state index in [0.29, 0.717) is 24.5 Å². The first-order valence-electron chi connectivity index (χ1n) is 4.52. The molecule has 15 heavy (non-hydrogen) atoms. The lowest BCUT2D eigenvalue weighted by molar-refractivity contribution is 0.392. The Kier molecular flexibility index (Phi) is 2.72. The number of hydrogen-bond donors (Lipinski definition) is 1. The smallest absolute Gasteiger partial charge is 0.216 e. The second-order valence-corrected chi connectivity index (χ2v) is 5.52. The number of nitrogens with zero attached hydrogens (tertiary/aromatic N) is 1. The average molecular weight is 247 g/mol. The van der Waals surface area contributed by atoms with E-state index < -0.39 is 10.2 Å². The second kappa shape index (κ2) is 3.75. The lowest BCUT2D eigenvalue weighted by atomic mass is 10.0. The van der Waals surface area contributed by atoms with E-state index in [-0.39, 0.29) is 0 Å². The Morgan fingerprint density at radius 2 is 2.07 bits per heavy atom. The van der Waals surface area contributed by atoms with Gasteiger partial charge in [0.2, 0.25) is 0 Å². The van der Waals surface area contributed by atoms with Crippen LogP contribution >= 0.6 is 11.6 Å². The maximum absolute atomic E-state index is 11.1. The van der Waals surface area contributed by atoms with Crippen LogP contribution in [0.2, 0.25) is 5.02 Å². The molecule has 0 fully saturated rings. The second-order valence-electron chi connectivity index (χ2n) is 3.54. The van der Waals surface area contributed by atoms with E-state index in [2.05, 4.69) is 0 Å². The quantitative estimate of drug-likeness (QED) is 0.800. The number of rotatable bonds is 1. The third-order valence-corrected chi connectivity index (χ3v) is 3.77. The molecule has 4 nitrogen and oxygen atoms in total. The zero-order chi connectivity index (χ0) is 11.1. The van der Waals surface area contributed by atoms with Gasteiger partial charge in [-0.15, -0.1) is 0 Å². The van der Waals surface area contributed by atoms with Gasteiger partial charge >= 0.3 is 0 Å². The molecule has 0 aliphatic carbocycles. The van der Waals surface area contributed by atoms with Crippen LogP contribution in [-0.2, 0) is 23.2 Å². The monoisotopic (exact) mass is 246 g/mol. The molecule has 0 atom stereocenters. The normalized spacial score (nSPS) is 17.5. The van der Waals surface area contributed by atoms with Crippen molar-refractivity contribution in [2.75, 3.05) is 6.54 Å². The highest BCUT2D eigenvalue weighted by Gasteiger charge is 2.23. The summed E-state index contributed by atoms with van der Waals surface area (Å²) in [6, 6.07) is 5.47. The summed E-state index contributed by atoms with van der Waals surface area (Å²) in [5, 5.41) is 5.75. The van der Waals surface area contributed by atoms with Gasteiger partial charge in [0.05, 0.1) is 0 Å². The zero-order valence-electron chi connectivity index (χ0n) is 7.98. The number of halogens is 1. The Morgan fingerprint density at radius 3 is 2.73 bits per heavy atom. The van der Waals surface area contributed by atoms with E-state index >= 15 is 0 Å². The Morgan fingerprint density at radius 1 is 1.33 bits per heavy atom. The highest BCUT2D eigenvalue weighted by molar-refractivity contribution is 7.86. The standard InChI is InChI=1S/C9H11ClN2O2S/c10-9-2-1-8-6-12(15(11,13)14)4-3-7(8)5-9/h1-2,5H,3-4,6H2,(H2,11,13,14). The molecular weight excluding hydrogens is 236 g/mol. The minimum absolute atomic E-state index is 0.339. The molecule has 6 heteroatoms. The van der Waals surface area contributed by atoms with Gasteiger partial charge < -0.3 is 0 Å². The van der Waals surface area contributed by atoms with Gasteiger partial charge in [0.1, 0.15) is 0 Å². The van der Waals surface area contributed by atoms with Crippen molar-refractivity contribution in [2.45, 2.75) is 13.0 Å². The van der Waals surface area contributed by atoms with Gasteiger partial charge in [-0.05, 0) is 29.7 Å². The molecule has 2 rings (SSSR count). The van der Waals surface area contributed by atoms with E-state index in [1.807, 2.05) is 12.1 Å². The molecule has 0 saturated carbocycles. The van der Waals surface area contributed by atoms with E-state index in [9.17, 15) is 8.42 Å². The molecule has 1 heterocycles. The summed E-state index contributed by atoms with van der Waals surface area (Å²) in [4.78, 5) is 0. The lowest BCUT2D eigenvalue weighted by Crippen LogP contribution is -2.40. The van der Waals surface area contributed by atoms with Crippen molar-refractivity contribution in [3.8, 4) is 0 Å². The van der Waals surface area contributed by atoms with E-state index in [1.54, 1.807) is 6.07 Å². The molecule has 0 bridgehead atoms. The molecule has 0 unspecified atom stereocenters. The molecule has 82 valence electrons. The van der Waals surface area contributed by atoms with Crippen LogP contribution in [0.4, 0.5) is 0 Å². The minimum atomic E-state index is -3.58. The maximum atomic E-state index is 11.1. The molecule has 1 aliphatic heterocycles. The largest absolute Gasteiger partial charge is 0.277 e. The third kappa shape index (κ3) is 2.31. The average Bonchev–Trinajstić information content (AvgIpc) is 2.15. The summed E-state index contributed by atoms with van der Waals surface area (Å²) >= 11 is 5.85. The molecule has 0 amide bonds. The van der Waals surface area contributed by atoms with Crippen molar-refractivity contribution < 1.29 is 8.42 Å². The fourth-order valence-corrected chi connectivity index (χ4v) is 2.57. The van der Waals surface area contributed by atoms with Crippen molar-refractivity contribution in [3.63, 3.8) is 0 Å². The molecule has 1 aromatic carbocycles. The van der Waals surface area contributed by atoms with Crippen LogP contribution in [0.1, 0.15) is 11.1 Å². The zero-order valence-corrected chi connectivity index (χ0v) is 9.55. The summed E-state index contributed by atoms with van der Waals surface area (Å²) in [6.45, 7) is 0.761. The Balaban J connectivity index is 2.32. The van der Waals surface area contributed by atoms with Crippen LogP contribution in [0.15, 0.2) is 18.2 Å². The van der Waals surface area contributed by atoms with Crippen LogP contribution in [0.25, 0.3) is 0 Å². The number of fused-ring (bicyclic) bond motifs is 1. The Bertz CT molecular complexity index is 487. The van der Waals surface area contributed by atoms with Gasteiger partial charge in [0, 0.05) is 18.1 Å². The topological polar surface area (TPSA) is 63.4 Å². The van der Waals surface area contributed by atoms with Crippen LogP contribution < -0.4 is 5.14 Å². The molecule has 0 saturated heterocycles. The van der Waals surface area contributed by atoms with Crippen LogP contribution in [-0.4, -0.2) is 19.3 Å². The molecule has 0 spiro atoms. The van der Waals surface area contributed by atoms with E-state index in [1.165, 1.54) is 4.31 Å². The van der Waals surface area contributed by atoms with Crippen molar-refractivity contribution in [2.24, 2.45) is 5.14 Å². The van der Waals surface area contributed by atoms with Gasteiger partial charge in [-0.1, -0.05) is 17.7 Å². The van der Waals surface area contributed by atoms with E-state index in [0.717, 1.165) is 11.1 Å². The van der Waals surface area contributed by atoms with Crippen LogP contribution in [0, 0.1) is 0 Å². The van der Waals surface area contributed by atoms with Crippen molar-refractivity contribution >= 4 is 21.8 Å². The molecule has 2 N–H and O–H groups in total. The Labute approximate surface area is 93.8 Å². The molecular formula is C9H11ClN2O2S. The van der Waals surface area contributed by atoms with Crippen molar-refractivity contribution in [1.29, 1.82) is 0 Å². The highest BCUT2D eigenvalue weighted by Crippen LogP contribution is 2.23. The van der Waals surface area contributed by atoms with Crippen LogP contribution in [0.5, 0.6) is 0 Å². The fourth-order valence-electron chi connectivity index (χ4n) is 1.71. The summed E-state index contributed by atoms with van der Waals surface area (Å²) in [5.74, 6) is 0. The van der Waals surface area contributed by atoms with Gasteiger partial charge in [-0.25, -0.2) is 5.14 Å². The highest BCUT2D eigenvalue weighted by atomic mass is 35.5. The SMILES string of the molecule is NS(=O)(=O)N1CCc2cc(Cl)ccc2C1. The number of nitrogens with two attached hydrogens (primary N) is 1. The predicted molar refractivity (Wildman–Crippen MR) is 58.7 cm³/mol. The minimum Gasteiger partial charge on any atom is -0.216 e. The molecule has 0 radical (unpaired) electrons. The Hall–Kier alpha value is -0.620. The first kappa shape index (κ1) is 10.9. The maximum Gasteiger partial charge on any atom is 0.277 e. The summed E-state index contributed by atoms with van der Waals surface area (Å²) in [6.07, 6.45) is 0.659. The molecule has 1 aromatic rings. The predicted octanol–water partition coefficient (Wildman–Crippen LogP) is 0.902. The molecule has 0 aromatic heterocycles. The first-order chi connectivity index (χ1) is 6.97. The van der Waals surface area contributed by atoms with Gasteiger partial charge in [0.15, 0.2) is 0 Å². The lowest BCUT2D eigenvalue weighted by Gasteiger charge is -2.26. The number of hydrogen-bond acceptors (Lipinski definition) is 2. The van der Waals surface area contributed by atoms with Crippen LogP contribution in [0.3, 0.4) is 0 Å². The summed E-state index contributed by atoms with van der Waals surface area (Å²) < 4.78 is 23.5. The fraction of sp³-hybridized carbons (Fsp3) is 0.333. The van der Waals surface area contributed by atoms with Gasteiger partial charge in [0.25, 0.3) is 10.2 Å². The van der Waals surface area contributed by atoms with Crippen molar-refractivity contribution in [3.05, 3.63) is 34.3 Å². The summed E-state index contributed by atoms with van der Waals surface area (Å²) in [5.41, 5.74) is 2.07. The van der Waals surface area contributed by atoms with Crippen molar-refractivity contribution in [1.82, 2.24) is 4.31 Å². The first-order valence-corrected chi connectivity index (χ1v) is 6.40.